The summed E-state index contributed by atoms with van der Waals surface area (Å²) < 4.78 is 0.750. The van der Waals surface area contributed by atoms with Gasteiger partial charge in [-0.05, 0) is 35.0 Å². The minimum atomic E-state index is 0.631. The molecule has 1 aromatic heterocycles. The van der Waals surface area contributed by atoms with Crippen molar-refractivity contribution in [2.75, 3.05) is 24.5 Å². The average molecular weight is 245 g/mol. The smallest absolute Gasteiger partial charge is 0.151 e. The van der Waals surface area contributed by atoms with E-state index in [1.807, 2.05) is 12.1 Å². The number of hydrogen-bond acceptors (Lipinski definition) is 4. The zero-order valence-electron chi connectivity index (χ0n) is 7.57. The minimum absolute atomic E-state index is 0.631. The molecule has 0 aliphatic carbocycles. The van der Waals surface area contributed by atoms with Crippen LogP contribution < -0.4 is 10.6 Å². The molecule has 72 valence electrons. The molecule has 0 atom stereocenters. The van der Waals surface area contributed by atoms with E-state index in [1.54, 1.807) is 0 Å². The van der Waals surface area contributed by atoms with Gasteiger partial charge in [-0.25, -0.2) is 0 Å². The van der Waals surface area contributed by atoms with E-state index in [0.29, 0.717) is 6.54 Å². The highest BCUT2D eigenvalue weighted by Gasteiger charge is 2.04. The summed E-state index contributed by atoms with van der Waals surface area (Å²) in [6, 6.07) is 3.80. The fourth-order valence-electron chi connectivity index (χ4n) is 1.07. The second-order valence-electron chi connectivity index (χ2n) is 2.58. The third-order valence-electron chi connectivity index (χ3n) is 1.72. The number of halogens is 1. The van der Waals surface area contributed by atoms with Gasteiger partial charge in [0.05, 0.1) is 0 Å². The lowest BCUT2D eigenvalue weighted by Crippen LogP contribution is -2.29. The number of hydrogen-bond donors (Lipinski definition) is 1. The normalized spacial score (nSPS) is 10.1. The van der Waals surface area contributed by atoms with Gasteiger partial charge in [0.25, 0.3) is 0 Å². The Morgan fingerprint density at radius 3 is 2.69 bits per heavy atom. The molecule has 1 heterocycles. The van der Waals surface area contributed by atoms with Crippen molar-refractivity contribution in [3.63, 3.8) is 0 Å². The van der Waals surface area contributed by atoms with Crippen LogP contribution >= 0.6 is 15.9 Å². The van der Waals surface area contributed by atoms with Crippen molar-refractivity contribution in [2.24, 2.45) is 5.73 Å². The van der Waals surface area contributed by atoms with E-state index in [0.717, 1.165) is 23.5 Å². The van der Waals surface area contributed by atoms with Crippen LogP contribution in [0.2, 0.25) is 0 Å². The van der Waals surface area contributed by atoms with Crippen LogP contribution in [0.25, 0.3) is 0 Å². The van der Waals surface area contributed by atoms with Gasteiger partial charge in [-0.3, -0.25) is 0 Å². The molecule has 1 rings (SSSR count). The first-order valence-corrected chi connectivity index (χ1v) is 5.01. The Labute approximate surface area is 86.3 Å². The molecule has 0 radical (unpaired) electrons. The second-order valence-corrected chi connectivity index (χ2v) is 3.40. The molecule has 13 heavy (non-hydrogen) atoms. The van der Waals surface area contributed by atoms with E-state index in [2.05, 4.69) is 38.0 Å². The molecule has 0 spiro atoms. The van der Waals surface area contributed by atoms with Gasteiger partial charge in [0.15, 0.2) is 5.82 Å². The summed E-state index contributed by atoms with van der Waals surface area (Å²) in [5, 5.41) is 7.96. The summed E-state index contributed by atoms with van der Waals surface area (Å²) in [4.78, 5) is 2.08. The Kier molecular flexibility index (Phi) is 4.11. The summed E-state index contributed by atoms with van der Waals surface area (Å²) in [5.74, 6) is 0.871. The van der Waals surface area contributed by atoms with E-state index in [9.17, 15) is 0 Å². The molecule has 0 unspecified atom stereocenters. The fraction of sp³-hybridized carbons (Fsp3) is 0.500. The van der Waals surface area contributed by atoms with Gasteiger partial charge < -0.3 is 10.6 Å². The number of likely N-dealkylation sites (N-methyl/N-ethyl adjacent to an activating group) is 1. The predicted molar refractivity (Wildman–Crippen MR) is 56.7 cm³/mol. The topological polar surface area (TPSA) is 55.0 Å². The highest BCUT2D eigenvalue weighted by atomic mass is 79.9. The molecule has 0 aliphatic rings. The van der Waals surface area contributed by atoms with Crippen LogP contribution in [-0.2, 0) is 0 Å². The first-order valence-electron chi connectivity index (χ1n) is 4.22. The Bertz CT molecular complexity index is 249. The maximum absolute atomic E-state index is 5.47. The monoisotopic (exact) mass is 244 g/mol. The molecule has 0 bridgehead atoms. The summed E-state index contributed by atoms with van der Waals surface area (Å²) in [6.45, 7) is 4.41. The van der Waals surface area contributed by atoms with E-state index < -0.39 is 0 Å². The highest BCUT2D eigenvalue weighted by molar-refractivity contribution is 9.10. The Morgan fingerprint density at radius 2 is 2.23 bits per heavy atom. The van der Waals surface area contributed by atoms with Gasteiger partial charge in [-0.15, -0.1) is 10.2 Å². The van der Waals surface area contributed by atoms with Crippen molar-refractivity contribution in [2.45, 2.75) is 6.92 Å². The molecule has 0 saturated carbocycles. The molecule has 4 nitrogen and oxygen atoms in total. The van der Waals surface area contributed by atoms with Gasteiger partial charge in [-0.2, -0.15) is 0 Å². The maximum atomic E-state index is 5.47. The molecule has 1 aromatic rings. The van der Waals surface area contributed by atoms with Crippen LogP contribution in [0.5, 0.6) is 0 Å². The molecule has 0 saturated heterocycles. The summed E-state index contributed by atoms with van der Waals surface area (Å²) in [6.07, 6.45) is 0. The highest BCUT2D eigenvalue weighted by Crippen LogP contribution is 2.11. The van der Waals surface area contributed by atoms with Crippen LogP contribution in [0.15, 0.2) is 16.7 Å². The van der Waals surface area contributed by atoms with Crippen LogP contribution in [0, 0.1) is 0 Å². The molecule has 0 amide bonds. The Balaban J connectivity index is 2.73. The second kappa shape index (κ2) is 5.14. The van der Waals surface area contributed by atoms with Crippen LogP contribution in [0.4, 0.5) is 5.82 Å². The van der Waals surface area contributed by atoms with E-state index in [1.165, 1.54) is 0 Å². The van der Waals surface area contributed by atoms with Gasteiger partial charge in [0.2, 0.25) is 0 Å². The summed E-state index contributed by atoms with van der Waals surface area (Å²) in [7, 11) is 0. The Morgan fingerprint density at radius 1 is 1.46 bits per heavy atom. The molecular formula is C8H13BrN4. The lowest BCUT2D eigenvalue weighted by Gasteiger charge is -2.19. The van der Waals surface area contributed by atoms with Gasteiger partial charge >= 0.3 is 0 Å². The van der Waals surface area contributed by atoms with Gasteiger partial charge in [0, 0.05) is 19.6 Å². The van der Waals surface area contributed by atoms with Crippen LogP contribution in [-0.4, -0.2) is 29.8 Å². The minimum Gasteiger partial charge on any atom is -0.354 e. The molecular weight excluding hydrogens is 232 g/mol. The van der Waals surface area contributed by atoms with Crippen molar-refractivity contribution in [3.05, 3.63) is 16.7 Å². The number of aromatic nitrogens is 2. The summed E-state index contributed by atoms with van der Waals surface area (Å²) >= 11 is 3.24. The SMILES string of the molecule is CCN(CCN)c1ccc(Br)nn1. The molecule has 5 heteroatoms. The third kappa shape index (κ3) is 2.93. The van der Waals surface area contributed by atoms with Crippen molar-refractivity contribution >= 4 is 21.7 Å². The van der Waals surface area contributed by atoms with Crippen LogP contribution in [0.1, 0.15) is 6.92 Å². The number of rotatable bonds is 4. The lowest BCUT2D eigenvalue weighted by atomic mass is 10.4. The van der Waals surface area contributed by atoms with Crippen molar-refractivity contribution in [1.29, 1.82) is 0 Å². The maximum Gasteiger partial charge on any atom is 0.151 e. The number of nitrogens with zero attached hydrogens (tertiary/aromatic N) is 3. The zero-order chi connectivity index (χ0) is 9.68. The fourth-order valence-corrected chi connectivity index (χ4v) is 1.28. The van der Waals surface area contributed by atoms with Crippen molar-refractivity contribution in [3.8, 4) is 0 Å². The Hall–Kier alpha value is -0.680. The molecule has 0 aliphatic heterocycles. The van der Waals surface area contributed by atoms with Gasteiger partial charge in [0.1, 0.15) is 4.60 Å². The lowest BCUT2D eigenvalue weighted by molar-refractivity contribution is 0.785. The number of anilines is 1. The van der Waals surface area contributed by atoms with E-state index in [-0.39, 0.29) is 0 Å². The van der Waals surface area contributed by atoms with Crippen molar-refractivity contribution in [1.82, 2.24) is 10.2 Å². The average Bonchev–Trinajstić information content (AvgIpc) is 2.16. The van der Waals surface area contributed by atoms with E-state index >= 15 is 0 Å². The van der Waals surface area contributed by atoms with Crippen LogP contribution in [0.3, 0.4) is 0 Å². The molecule has 0 aromatic carbocycles. The number of nitrogens with two attached hydrogens (primary N) is 1. The van der Waals surface area contributed by atoms with Gasteiger partial charge in [-0.1, -0.05) is 0 Å². The third-order valence-corrected chi connectivity index (χ3v) is 2.15. The molecule has 2 N–H and O–H groups in total. The molecule has 0 fully saturated rings. The van der Waals surface area contributed by atoms with Crippen molar-refractivity contribution < 1.29 is 0 Å². The largest absolute Gasteiger partial charge is 0.354 e. The quantitative estimate of drug-likeness (QED) is 0.860. The first kappa shape index (κ1) is 10.4. The van der Waals surface area contributed by atoms with E-state index in [4.69, 9.17) is 5.73 Å². The standard InChI is InChI=1S/C8H13BrN4/c1-2-13(6-5-10)8-4-3-7(9)11-12-8/h3-4H,2,5-6,10H2,1H3. The first-order chi connectivity index (χ1) is 6.27. The zero-order valence-corrected chi connectivity index (χ0v) is 9.16. The predicted octanol–water partition coefficient (Wildman–Crippen LogP) is 1.02. The summed E-state index contributed by atoms with van der Waals surface area (Å²) in [5.41, 5.74) is 5.47.